The minimum absolute atomic E-state index is 0.412. The van der Waals surface area contributed by atoms with Crippen molar-refractivity contribution < 1.29 is 9.13 Å². The van der Waals surface area contributed by atoms with Crippen LogP contribution in [0.3, 0.4) is 0 Å². The smallest absolute Gasteiger partial charge is 0.232 e. The third-order valence-corrected chi connectivity index (χ3v) is 4.68. The quantitative estimate of drug-likeness (QED) is 0.273. The number of unbranched alkanes of at least 4 members (excludes halogenated alkanes) is 1. The van der Waals surface area contributed by atoms with Gasteiger partial charge in [0.25, 0.3) is 0 Å². The summed E-state index contributed by atoms with van der Waals surface area (Å²) in [5.41, 5.74) is 5.26. The van der Waals surface area contributed by atoms with Gasteiger partial charge in [-0.2, -0.15) is 0 Å². The summed E-state index contributed by atoms with van der Waals surface area (Å²) in [5, 5.41) is 0. The maximum absolute atomic E-state index is 12.8. The van der Waals surface area contributed by atoms with E-state index >= 15 is 0 Å². The summed E-state index contributed by atoms with van der Waals surface area (Å²) in [6.45, 7) is 5.64. The number of alkyl halides is 1. The molecule has 2 aromatic carbocycles. The van der Waals surface area contributed by atoms with Crippen LogP contribution in [0, 0.1) is 0 Å². The molecule has 3 aromatic rings. The normalized spacial score (nSPS) is 12.1. The van der Waals surface area contributed by atoms with Crippen molar-refractivity contribution in [2.24, 2.45) is 0 Å². The van der Waals surface area contributed by atoms with Crippen LogP contribution in [0.4, 0.5) is 4.39 Å². The van der Waals surface area contributed by atoms with E-state index in [1.807, 2.05) is 12.1 Å². The first kappa shape index (κ1) is 21.4. The van der Waals surface area contributed by atoms with Crippen LogP contribution in [0.25, 0.3) is 28.5 Å². The molecule has 0 bridgehead atoms. The Kier molecular flexibility index (Phi) is 7.90. The highest BCUT2D eigenvalue weighted by Crippen LogP contribution is 2.24. The molecule has 0 saturated heterocycles. The van der Waals surface area contributed by atoms with Gasteiger partial charge in [0.15, 0.2) is 0 Å². The van der Waals surface area contributed by atoms with Crippen molar-refractivity contribution >= 4 is 6.08 Å². The van der Waals surface area contributed by atoms with Crippen LogP contribution >= 0.6 is 0 Å². The molecule has 1 atom stereocenters. The van der Waals surface area contributed by atoms with Crippen molar-refractivity contribution in [2.45, 2.75) is 32.4 Å². The van der Waals surface area contributed by atoms with E-state index in [1.165, 1.54) is 0 Å². The molecular formula is C26H27FN2O. The van der Waals surface area contributed by atoms with Crippen LogP contribution in [0.1, 0.15) is 31.7 Å². The zero-order valence-electron chi connectivity index (χ0n) is 17.3. The van der Waals surface area contributed by atoms with E-state index in [9.17, 15) is 4.39 Å². The van der Waals surface area contributed by atoms with Crippen LogP contribution in [0.15, 0.2) is 79.7 Å². The van der Waals surface area contributed by atoms with Gasteiger partial charge in [0.1, 0.15) is 6.61 Å². The van der Waals surface area contributed by atoms with E-state index in [2.05, 4.69) is 65.1 Å². The molecule has 0 fully saturated rings. The summed E-state index contributed by atoms with van der Waals surface area (Å²) >= 11 is 0. The highest BCUT2D eigenvalue weighted by atomic mass is 19.1. The maximum Gasteiger partial charge on any atom is 0.232 e. The summed E-state index contributed by atoms with van der Waals surface area (Å²) < 4.78 is 18.2. The standard InChI is InChI=1S/C26H27FN2O/c1-3-17-30-26-19-28-25(18-29-26)24-15-13-23(14-16-24)22-11-9-21(10-12-22)8-6-4-5-7-20(2)27/h3,6,8-16,18-20H,1,4-5,7,17H2,2H3/b8-6+. The highest BCUT2D eigenvalue weighted by Gasteiger charge is 2.03. The third kappa shape index (κ3) is 6.38. The molecule has 3 nitrogen and oxygen atoms in total. The van der Waals surface area contributed by atoms with Crippen molar-refractivity contribution in [3.8, 4) is 28.3 Å². The second-order valence-corrected chi connectivity index (χ2v) is 7.15. The van der Waals surface area contributed by atoms with Crippen molar-refractivity contribution in [3.63, 3.8) is 0 Å². The first-order valence-corrected chi connectivity index (χ1v) is 10.2. The van der Waals surface area contributed by atoms with Gasteiger partial charge in [-0.3, -0.25) is 0 Å². The van der Waals surface area contributed by atoms with E-state index in [-0.39, 0.29) is 0 Å². The molecule has 1 heterocycles. The van der Waals surface area contributed by atoms with E-state index in [4.69, 9.17) is 4.74 Å². The summed E-state index contributed by atoms with van der Waals surface area (Å²) in [6, 6.07) is 16.7. The van der Waals surface area contributed by atoms with Crippen molar-refractivity contribution in [1.29, 1.82) is 0 Å². The Morgan fingerprint density at radius 2 is 1.63 bits per heavy atom. The van der Waals surface area contributed by atoms with Crippen LogP contribution < -0.4 is 4.74 Å². The first-order chi connectivity index (χ1) is 14.7. The molecule has 0 saturated carbocycles. The lowest BCUT2D eigenvalue weighted by atomic mass is 10.0. The SMILES string of the molecule is C=CCOc1cnc(-c2ccc(-c3ccc(/C=C/CCCC(C)F)cc3)cc2)cn1. The molecular weight excluding hydrogens is 375 g/mol. The number of ether oxygens (including phenoxy) is 1. The van der Waals surface area contributed by atoms with Crippen molar-refractivity contribution in [3.05, 3.63) is 85.2 Å². The number of nitrogens with zero attached hydrogens (tertiary/aromatic N) is 2. The third-order valence-electron chi connectivity index (χ3n) is 4.68. The van der Waals surface area contributed by atoms with E-state index in [1.54, 1.807) is 25.4 Å². The fourth-order valence-corrected chi connectivity index (χ4v) is 3.04. The molecule has 0 amide bonds. The van der Waals surface area contributed by atoms with Gasteiger partial charge in [0.2, 0.25) is 5.88 Å². The second-order valence-electron chi connectivity index (χ2n) is 7.15. The Balaban J connectivity index is 1.60. The van der Waals surface area contributed by atoms with Crippen LogP contribution in [0.2, 0.25) is 0 Å². The van der Waals surface area contributed by atoms with Crippen molar-refractivity contribution in [1.82, 2.24) is 9.97 Å². The largest absolute Gasteiger partial charge is 0.472 e. The van der Waals surface area contributed by atoms with Gasteiger partial charge in [-0.25, -0.2) is 14.4 Å². The van der Waals surface area contributed by atoms with Gasteiger partial charge >= 0.3 is 0 Å². The second kappa shape index (κ2) is 11.1. The van der Waals surface area contributed by atoms with E-state index in [0.29, 0.717) is 18.9 Å². The summed E-state index contributed by atoms with van der Waals surface area (Å²) in [7, 11) is 0. The summed E-state index contributed by atoms with van der Waals surface area (Å²) in [4.78, 5) is 8.69. The van der Waals surface area contributed by atoms with Gasteiger partial charge in [0, 0.05) is 5.56 Å². The monoisotopic (exact) mass is 402 g/mol. The number of hydrogen-bond acceptors (Lipinski definition) is 3. The molecule has 0 aliphatic carbocycles. The fraction of sp³-hybridized carbons (Fsp3) is 0.231. The number of rotatable bonds is 10. The number of benzene rings is 2. The molecule has 0 spiro atoms. The predicted molar refractivity (Wildman–Crippen MR) is 122 cm³/mol. The fourth-order valence-electron chi connectivity index (χ4n) is 3.04. The number of hydrogen-bond donors (Lipinski definition) is 0. The van der Waals surface area contributed by atoms with Crippen LogP contribution in [0.5, 0.6) is 5.88 Å². The zero-order chi connectivity index (χ0) is 21.2. The van der Waals surface area contributed by atoms with Crippen molar-refractivity contribution in [2.75, 3.05) is 6.61 Å². The molecule has 0 N–H and O–H groups in total. The van der Waals surface area contributed by atoms with E-state index < -0.39 is 6.17 Å². The Morgan fingerprint density at radius 3 is 2.23 bits per heavy atom. The number of aromatic nitrogens is 2. The van der Waals surface area contributed by atoms with Crippen LogP contribution in [-0.2, 0) is 0 Å². The number of halogens is 1. The Bertz CT molecular complexity index is 946. The highest BCUT2D eigenvalue weighted by molar-refractivity contribution is 5.69. The van der Waals surface area contributed by atoms with Gasteiger partial charge in [-0.1, -0.05) is 73.3 Å². The number of allylic oxidation sites excluding steroid dienone is 1. The molecule has 0 aliphatic heterocycles. The lowest BCUT2D eigenvalue weighted by Crippen LogP contribution is -1.96. The van der Waals surface area contributed by atoms with Gasteiger partial charge in [-0.05, 0) is 42.9 Å². The van der Waals surface area contributed by atoms with Crippen LogP contribution in [-0.4, -0.2) is 22.7 Å². The lowest BCUT2D eigenvalue weighted by Gasteiger charge is -2.06. The van der Waals surface area contributed by atoms with Gasteiger partial charge in [0.05, 0.1) is 24.3 Å². The van der Waals surface area contributed by atoms with Gasteiger partial charge in [-0.15, -0.1) is 0 Å². The summed E-state index contributed by atoms with van der Waals surface area (Å²) in [5.74, 6) is 0.487. The molecule has 1 aromatic heterocycles. The molecule has 30 heavy (non-hydrogen) atoms. The van der Waals surface area contributed by atoms with Gasteiger partial charge < -0.3 is 4.74 Å². The zero-order valence-corrected chi connectivity index (χ0v) is 17.3. The molecule has 0 aliphatic rings. The topological polar surface area (TPSA) is 35.0 Å². The predicted octanol–water partition coefficient (Wildman–Crippen LogP) is 6.92. The average Bonchev–Trinajstić information content (AvgIpc) is 2.78. The average molecular weight is 403 g/mol. The van der Waals surface area contributed by atoms with E-state index in [0.717, 1.165) is 40.8 Å². The Morgan fingerprint density at radius 1 is 0.967 bits per heavy atom. The maximum atomic E-state index is 12.8. The molecule has 4 heteroatoms. The first-order valence-electron chi connectivity index (χ1n) is 10.2. The molecule has 0 radical (unpaired) electrons. The minimum Gasteiger partial charge on any atom is -0.472 e. The minimum atomic E-state index is -0.716. The Labute approximate surface area is 178 Å². The lowest BCUT2D eigenvalue weighted by molar-refractivity contribution is 0.335. The Hall–Kier alpha value is -3.27. The molecule has 154 valence electrons. The summed E-state index contributed by atoms with van der Waals surface area (Å²) in [6.07, 6.45) is 10.9. The molecule has 1 unspecified atom stereocenters. The molecule has 3 rings (SSSR count).